The van der Waals surface area contributed by atoms with Crippen LogP contribution in [-0.2, 0) is 19.1 Å². The third kappa shape index (κ3) is 37.2. The van der Waals surface area contributed by atoms with Crippen molar-refractivity contribution in [1.82, 2.24) is 0 Å². The van der Waals surface area contributed by atoms with E-state index in [2.05, 4.69) is 38.2 Å². The normalized spacial score (nSPS) is 12.3. The molecule has 0 saturated carbocycles. The first-order valence-electron chi connectivity index (χ1n) is 20.9. The summed E-state index contributed by atoms with van der Waals surface area (Å²) in [6.07, 6.45) is 46.7. The molecule has 0 radical (unpaired) electrons. The molecule has 5 nitrogen and oxygen atoms in total. The number of allylic oxidation sites excluding steroid dienone is 4. The van der Waals surface area contributed by atoms with Gasteiger partial charge < -0.3 is 14.6 Å². The molecule has 282 valence electrons. The number of aliphatic hydroxyl groups is 1. The lowest BCUT2D eigenvalue weighted by molar-refractivity contribution is -0.161. The molecule has 0 bridgehead atoms. The lowest BCUT2D eigenvalue weighted by Crippen LogP contribution is -2.28. The van der Waals surface area contributed by atoms with Gasteiger partial charge >= 0.3 is 11.9 Å². The maximum absolute atomic E-state index is 12.2. The molecule has 0 aromatic heterocycles. The van der Waals surface area contributed by atoms with E-state index >= 15 is 0 Å². The summed E-state index contributed by atoms with van der Waals surface area (Å²) in [5.74, 6) is -0.590. The summed E-state index contributed by atoms with van der Waals surface area (Å²) in [5, 5.41) is 9.57. The number of hydrogen-bond donors (Lipinski definition) is 1. The minimum absolute atomic E-state index is 0.0657. The number of carbonyl (C=O) groups is 2. The molecular formula is C43H80O5. The Labute approximate surface area is 298 Å². The molecule has 0 saturated heterocycles. The molecule has 0 aliphatic carbocycles. The van der Waals surface area contributed by atoms with E-state index in [1.165, 1.54) is 148 Å². The van der Waals surface area contributed by atoms with Crippen LogP contribution in [-0.4, -0.2) is 36.4 Å². The van der Waals surface area contributed by atoms with E-state index < -0.39 is 6.10 Å². The van der Waals surface area contributed by atoms with Crippen molar-refractivity contribution < 1.29 is 24.2 Å². The second-order valence-corrected chi connectivity index (χ2v) is 14.1. The highest BCUT2D eigenvalue weighted by molar-refractivity contribution is 5.70. The molecule has 1 atom stereocenters. The third-order valence-electron chi connectivity index (χ3n) is 9.25. The van der Waals surface area contributed by atoms with Crippen molar-refractivity contribution in [2.45, 2.75) is 225 Å². The molecule has 0 spiro atoms. The second kappa shape index (κ2) is 39.8. The Morgan fingerprint density at radius 3 is 1.27 bits per heavy atom. The van der Waals surface area contributed by atoms with Crippen LogP contribution >= 0.6 is 0 Å². The number of esters is 2. The summed E-state index contributed by atoms with van der Waals surface area (Å²) < 4.78 is 10.6. The maximum atomic E-state index is 12.2. The second-order valence-electron chi connectivity index (χ2n) is 14.1. The van der Waals surface area contributed by atoms with Crippen molar-refractivity contribution in [3.63, 3.8) is 0 Å². The Kier molecular flexibility index (Phi) is 38.5. The fourth-order valence-corrected chi connectivity index (χ4v) is 6.06. The number of unbranched alkanes of at least 4 members (excludes halogenated alkanes) is 26. The van der Waals surface area contributed by atoms with Gasteiger partial charge in [0.2, 0.25) is 0 Å². The van der Waals surface area contributed by atoms with E-state index in [-0.39, 0.29) is 25.2 Å². The Morgan fingerprint density at radius 2 is 0.833 bits per heavy atom. The molecule has 5 heteroatoms. The van der Waals surface area contributed by atoms with Gasteiger partial charge in [0.25, 0.3) is 0 Å². The molecule has 0 aromatic carbocycles. The van der Waals surface area contributed by atoms with Gasteiger partial charge in [-0.1, -0.05) is 186 Å². The molecule has 0 amide bonds. The Bertz CT molecular complexity index is 731. The van der Waals surface area contributed by atoms with Crippen LogP contribution in [0.3, 0.4) is 0 Å². The predicted octanol–water partition coefficient (Wildman–Crippen LogP) is 13.1. The van der Waals surface area contributed by atoms with Crippen LogP contribution in [0.15, 0.2) is 24.3 Å². The smallest absolute Gasteiger partial charge is 0.306 e. The van der Waals surface area contributed by atoms with Gasteiger partial charge in [-0.15, -0.1) is 0 Å². The van der Waals surface area contributed by atoms with E-state index in [0.717, 1.165) is 44.9 Å². The molecule has 0 fully saturated rings. The first-order chi connectivity index (χ1) is 23.6. The lowest BCUT2D eigenvalue weighted by atomic mass is 10.0. The molecule has 1 unspecified atom stereocenters. The summed E-state index contributed by atoms with van der Waals surface area (Å²) in [5.41, 5.74) is 0. The van der Waals surface area contributed by atoms with Crippen molar-refractivity contribution in [1.29, 1.82) is 0 Å². The van der Waals surface area contributed by atoms with Crippen molar-refractivity contribution in [2.24, 2.45) is 0 Å². The van der Waals surface area contributed by atoms with Gasteiger partial charge in [0.15, 0.2) is 6.10 Å². The quantitative estimate of drug-likeness (QED) is 0.0400. The highest BCUT2D eigenvalue weighted by Crippen LogP contribution is 2.15. The Hall–Kier alpha value is -1.62. The lowest BCUT2D eigenvalue weighted by Gasteiger charge is -2.15. The molecule has 48 heavy (non-hydrogen) atoms. The van der Waals surface area contributed by atoms with E-state index in [1.54, 1.807) is 0 Å². The topological polar surface area (TPSA) is 72.8 Å². The zero-order chi connectivity index (χ0) is 35.0. The summed E-state index contributed by atoms with van der Waals surface area (Å²) >= 11 is 0. The zero-order valence-electron chi connectivity index (χ0n) is 32.0. The summed E-state index contributed by atoms with van der Waals surface area (Å²) in [6.45, 7) is 4.12. The van der Waals surface area contributed by atoms with Crippen molar-refractivity contribution in [2.75, 3.05) is 13.2 Å². The standard InChI is InChI=1S/C43H80O5/c1-3-5-7-9-11-13-15-17-19-21-23-25-27-29-31-33-35-37-42(45)47-40-41(39-44)48-43(46)38-36-34-32-30-28-26-24-22-20-18-16-14-12-10-8-6-4-2/h11,13,17,19,41,44H,3-10,12,14-16,18,20-40H2,1-2H3. The Balaban J connectivity index is 3.52. The van der Waals surface area contributed by atoms with Gasteiger partial charge in [0, 0.05) is 12.8 Å². The number of carbonyl (C=O) groups excluding carboxylic acids is 2. The first-order valence-corrected chi connectivity index (χ1v) is 20.9. The van der Waals surface area contributed by atoms with E-state index in [9.17, 15) is 14.7 Å². The number of rotatable bonds is 38. The van der Waals surface area contributed by atoms with Gasteiger partial charge in [-0.25, -0.2) is 0 Å². The van der Waals surface area contributed by atoms with Crippen LogP contribution in [0.4, 0.5) is 0 Å². The summed E-state index contributed by atoms with van der Waals surface area (Å²) in [7, 11) is 0. The SMILES string of the molecule is CCCCCC=CCC=CCCCCCCCCCC(=O)OCC(CO)OC(=O)CCCCCCCCCCCCCCCCCCC. The molecular weight excluding hydrogens is 596 g/mol. The minimum atomic E-state index is -0.769. The fourth-order valence-electron chi connectivity index (χ4n) is 6.06. The van der Waals surface area contributed by atoms with E-state index in [4.69, 9.17) is 9.47 Å². The van der Waals surface area contributed by atoms with Crippen molar-refractivity contribution in [3.8, 4) is 0 Å². The van der Waals surface area contributed by atoms with Crippen LogP contribution in [0.2, 0.25) is 0 Å². The fraction of sp³-hybridized carbons (Fsp3) is 0.860. The molecule has 0 aliphatic rings. The molecule has 0 aromatic rings. The van der Waals surface area contributed by atoms with Crippen molar-refractivity contribution >= 4 is 11.9 Å². The third-order valence-corrected chi connectivity index (χ3v) is 9.25. The maximum Gasteiger partial charge on any atom is 0.306 e. The highest BCUT2D eigenvalue weighted by Gasteiger charge is 2.16. The predicted molar refractivity (Wildman–Crippen MR) is 205 cm³/mol. The van der Waals surface area contributed by atoms with Crippen LogP contribution in [0.25, 0.3) is 0 Å². The molecule has 0 aliphatic heterocycles. The zero-order valence-corrected chi connectivity index (χ0v) is 32.0. The number of hydrogen-bond acceptors (Lipinski definition) is 5. The van der Waals surface area contributed by atoms with Gasteiger partial charge in [-0.3, -0.25) is 9.59 Å². The molecule has 1 N–H and O–H groups in total. The van der Waals surface area contributed by atoms with Crippen LogP contribution in [0.5, 0.6) is 0 Å². The van der Waals surface area contributed by atoms with Gasteiger partial charge in [-0.05, 0) is 44.9 Å². The van der Waals surface area contributed by atoms with E-state index in [0.29, 0.717) is 12.8 Å². The monoisotopic (exact) mass is 677 g/mol. The first kappa shape index (κ1) is 46.4. The molecule has 0 heterocycles. The number of aliphatic hydroxyl groups excluding tert-OH is 1. The highest BCUT2D eigenvalue weighted by atomic mass is 16.6. The average molecular weight is 677 g/mol. The van der Waals surface area contributed by atoms with Crippen molar-refractivity contribution in [3.05, 3.63) is 24.3 Å². The van der Waals surface area contributed by atoms with Crippen LogP contribution in [0, 0.1) is 0 Å². The number of ether oxygens (including phenoxy) is 2. The van der Waals surface area contributed by atoms with Gasteiger partial charge in [-0.2, -0.15) is 0 Å². The van der Waals surface area contributed by atoms with Crippen LogP contribution < -0.4 is 0 Å². The van der Waals surface area contributed by atoms with Crippen LogP contribution in [0.1, 0.15) is 219 Å². The van der Waals surface area contributed by atoms with Gasteiger partial charge in [0.1, 0.15) is 6.61 Å². The molecule has 0 rings (SSSR count). The average Bonchev–Trinajstić information content (AvgIpc) is 3.09. The van der Waals surface area contributed by atoms with Gasteiger partial charge in [0.05, 0.1) is 6.61 Å². The van der Waals surface area contributed by atoms with E-state index in [1.807, 2.05) is 0 Å². The largest absolute Gasteiger partial charge is 0.462 e. The summed E-state index contributed by atoms with van der Waals surface area (Å²) in [6, 6.07) is 0. The minimum Gasteiger partial charge on any atom is -0.462 e. The Morgan fingerprint density at radius 1 is 0.479 bits per heavy atom. The summed E-state index contributed by atoms with van der Waals surface area (Å²) in [4.78, 5) is 24.3.